The molecule has 1 fully saturated rings. The van der Waals surface area contributed by atoms with Crippen molar-refractivity contribution in [1.29, 1.82) is 0 Å². The Hall–Kier alpha value is -2.60. The van der Waals surface area contributed by atoms with Gasteiger partial charge in [-0.3, -0.25) is 14.2 Å². The van der Waals surface area contributed by atoms with Crippen molar-refractivity contribution in [2.75, 3.05) is 12.3 Å². The number of nitrogens with zero attached hydrogens (tertiary/aromatic N) is 3. The van der Waals surface area contributed by atoms with E-state index in [0.29, 0.717) is 22.1 Å². The molecule has 1 saturated carbocycles. The molecule has 0 saturated heterocycles. The highest BCUT2D eigenvalue weighted by atomic mass is 32.2. The minimum absolute atomic E-state index is 0.102. The van der Waals surface area contributed by atoms with Crippen LogP contribution < -0.4 is 5.56 Å². The minimum atomic E-state index is -0.102. The molecular weight excluding hydrogens is 406 g/mol. The molecule has 1 heterocycles. The van der Waals surface area contributed by atoms with E-state index in [1.807, 2.05) is 54.3 Å². The van der Waals surface area contributed by atoms with Gasteiger partial charge >= 0.3 is 0 Å². The fraction of sp³-hybridized carbons (Fsp3) is 0.400. The van der Waals surface area contributed by atoms with Crippen molar-refractivity contribution in [1.82, 2.24) is 14.5 Å². The number of carbonyl (C=O) groups excluding carboxylic acids is 1. The van der Waals surface area contributed by atoms with Gasteiger partial charge in [-0.2, -0.15) is 0 Å². The topological polar surface area (TPSA) is 55.2 Å². The fourth-order valence-electron chi connectivity index (χ4n) is 4.48. The highest BCUT2D eigenvalue weighted by Crippen LogP contribution is 2.26. The molecule has 1 amide bonds. The maximum atomic E-state index is 13.4. The molecule has 0 aliphatic heterocycles. The van der Waals surface area contributed by atoms with Gasteiger partial charge in [-0.1, -0.05) is 61.4 Å². The van der Waals surface area contributed by atoms with Crippen molar-refractivity contribution in [2.24, 2.45) is 0 Å². The van der Waals surface area contributed by atoms with Crippen LogP contribution in [0, 0.1) is 6.92 Å². The second kappa shape index (κ2) is 9.69. The molecule has 1 aromatic heterocycles. The van der Waals surface area contributed by atoms with Crippen LogP contribution in [0.4, 0.5) is 0 Å². The van der Waals surface area contributed by atoms with Crippen LogP contribution in [0.25, 0.3) is 16.6 Å². The lowest BCUT2D eigenvalue weighted by Crippen LogP contribution is -2.42. The third kappa shape index (κ3) is 4.54. The summed E-state index contributed by atoms with van der Waals surface area (Å²) >= 11 is 1.36. The van der Waals surface area contributed by atoms with Crippen LogP contribution >= 0.6 is 11.8 Å². The number of rotatable bonds is 6. The molecule has 31 heavy (non-hydrogen) atoms. The summed E-state index contributed by atoms with van der Waals surface area (Å²) < 4.78 is 1.66. The van der Waals surface area contributed by atoms with Gasteiger partial charge in [0.2, 0.25) is 5.91 Å². The predicted octanol–water partition coefficient (Wildman–Crippen LogP) is 4.97. The second-order valence-corrected chi connectivity index (χ2v) is 9.04. The summed E-state index contributed by atoms with van der Waals surface area (Å²) in [5.41, 5.74) is 2.36. The third-order valence-electron chi connectivity index (χ3n) is 6.10. The smallest absolute Gasteiger partial charge is 0.266 e. The van der Waals surface area contributed by atoms with E-state index in [0.717, 1.165) is 30.6 Å². The van der Waals surface area contributed by atoms with E-state index in [2.05, 4.69) is 6.92 Å². The number of carbonyl (C=O) groups is 1. The van der Waals surface area contributed by atoms with Crippen molar-refractivity contribution in [2.45, 2.75) is 57.1 Å². The third-order valence-corrected chi connectivity index (χ3v) is 7.03. The molecule has 5 nitrogen and oxygen atoms in total. The molecule has 0 spiro atoms. The SMILES string of the molecule is CCN(C(=O)CSc1nc2ccccc2c(=O)n1-c1ccccc1C)C1CCCCC1. The van der Waals surface area contributed by atoms with Gasteiger partial charge in [0.1, 0.15) is 0 Å². The van der Waals surface area contributed by atoms with Crippen LogP contribution in [0.1, 0.15) is 44.6 Å². The van der Waals surface area contributed by atoms with Crippen LogP contribution in [0.2, 0.25) is 0 Å². The molecule has 1 aliphatic carbocycles. The lowest BCUT2D eigenvalue weighted by Gasteiger charge is -2.33. The first-order chi connectivity index (χ1) is 15.1. The standard InChI is InChI=1S/C25H29N3O2S/c1-3-27(19-12-5-4-6-13-19)23(29)17-31-25-26-21-15-9-8-14-20(21)24(30)28(25)22-16-10-7-11-18(22)2/h7-11,14-16,19H,3-6,12-13,17H2,1-2H3. The summed E-state index contributed by atoms with van der Waals surface area (Å²) in [5, 5.41) is 1.14. The summed E-state index contributed by atoms with van der Waals surface area (Å²) in [5.74, 6) is 0.402. The molecule has 0 N–H and O–H groups in total. The maximum Gasteiger partial charge on any atom is 0.266 e. The molecule has 6 heteroatoms. The average Bonchev–Trinajstić information content (AvgIpc) is 2.80. The van der Waals surface area contributed by atoms with E-state index >= 15 is 0 Å². The van der Waals surface area contributed by atoms with E-state index in [4.69, 9.17) is 4.98 Å². The zero-order valence-electron chi connectivity index (χ0n) is 18.2. The highest BCUT2D eigenvalue weighted by Gasteiger charge is 2.25. The van der Waals surface area contributed by atoms with Gasteiger partial charge in [0.25, 0.3) is 5.56 Å². The largest absolute Gasteiger partial charge is 0.339 e. The zero-order valence-corrected chi connectivity index (χ0v) is 19.0. The lowest BCUT2D eigenvalue weighted by atomic mass is 9.94. The molecule has 0 radical (unpaired) electrons. The van der Waals surface area contributed by atoms with Crippen LogP contribution in [0.3, 0.4) is 0 Å². The molecule has 4 rings (SSSR count). The Morgan fingerprint density at radius 3 is 2.55 bits per heavy atom. The molecule has 0 unspecified atom stereocenters. The van der Waals surface area contributed by atoms with Crippen molar-refractivity contribution < 1.29 is 4.79 Å². The van der Waals surface area contributed by atoms with Gasteiger partial charge in [0.05, 0.1) is 22.3 Å². The Morgan fingerprint density at radius 1 is 1.10 bits per heavy atom. The Bertz CT molecular complexity index is 1140. The van der Waals surface area contributed by atoms with E-state index in [9.17, 15) is 9.59 Å². The number of para-hydroxylation sites is 2. The number of amides is 1. The lowest BCUT2D eigenvalue weighted by molar-refractivity contribution is -0.131. The Balaban J connectivity index is 1.68. The van der Waals surface area contributed by atoms with E-state index < -0.39 is 0 Å². The molecule has 1 aliphatic rings. The van der Waals surface area contributed by atoms with Gasteiger partial charge in [0.15, 0.2) is 5.16 Å². The van der Waals surface area contributed by atoms with Crippen molar-refractivity contribution >= 4 is 28.6 Å². The average molecular weight is 436 g/mol. The van der Waals surface area contributed by atoms with Crippen LogP contribution in [0.15, 0.2) is 58.5 Å². The van der Waals surface area contributed by atoms with Crippen LogP contribution in [-0.2, 0) is 4.79 Å². The van der Waals surface area contributed by atoms with E-state index in [1.54, 1.807) is 10.6 Å². The fourth-order valence-corrected chi connectivity index (χ4v) is 5.37. The van der Waals surface area contributed by atoms with Gasteiger partial charge < -0.3 is 4.90 Å². The molecular formula is C25H29N3O2S. The van der Waals surface area contributed by atoms with Crippen molar-refractivity contribution in [3.05, 3.63) is 64.4 Å². The van der Waals surface area contributed by atoms with E-state index in [-0.39, 0.29) is 17.2 Å². The number of fused-ring (bicyclic) bond motifs is 1. The second-order valence-electron chi connectivity index (χ2n) is 8.10. The van der Waals surface area contributed by atoms with Crippen LogP contribution in [-0.4, -0.2) is 38.7 Å². The Kier molecular flexibility index (Phi) is 6.76. The maximum absolute atomic E-state index is 13.4. The van der Waals surface area contributed by atoms with Gasteiger partial charge in [-0.25, -0.2) is 4.98 Å². The first-order valence-electron chi connectivity index (χ1n) is 11.1. The number of aryl methyl sites for hydroxylation is 1. The number of hydrogen-bond donors (Lipinski definition) is 0. The zero-order chi connectivity index (χ0) is 21.8. The Labute approximate surface area is 187 Å². The van der Waals surface area contributed by atoms with Crippen molar-refractivity contribution in [3.8, 4) is 5.69 Å². The summed E-state index contributed by atoms with van der Waals surface area (Å²) in [6.07, 6.45) is 5.83. The summed E-state index contributed by atoms with van der Waals surface area (Å²) in [6.45, 7) is 4.76. The molecule has 3 aromatic rings. The quantitative estimate of drug-likeness (QED) is 0.405. The normalized spacial score (nSPS) is 14.6. The van der Waals surface area contributed by atoms with Crippen LogP contribution in [0.5, 0.6) is 0 Å². The number of thioether (sulfide) groups is 1. The Morgan fingerprint density at radius 2 is 1.81 bits per heavy atom. The first-order valence-corrected chi connectivity index (χ1v) is 12.1. The first kappa shape index (κ1) is 21.6. The molecule has 0 atom stereocenters. The number of aromatic nitrogens is 2. The van der Waals surface area contributed by atoms with Gasteiger partial charge in [-0.15, -0.1) is 0 Å². The molecule has 162 valence electrons. The monoisotopic (exact) mass is 435 g/mol. The summed E-state index contributed by atoms with van der Waals surface area (Å²) in [7, 11) is 0. The predicted molar refractivity (Wildman–Crippen MR) is 127 cm³/mol. The van der Waals surface area contributed by atoms with Gasteiger partial charge in [-0.05, 0) is 50.5 Å². The van der Waals surface area contributed by atoms with Crippen molar-refractivity contribution in [3.63, 3.8) is 0 Å². The minimum Gasteiger partial charge on any atom is -0.339 e. The van der Waals surface area contributed by atoms with E-state index in [1.165, 1.54) is 31.0 Å². The summed E-state index contributed by atoms with van der Waals surface area (Å²) in [4.78, 5) is 33.3. The molecule has 0 bridgehead atoms. The highest BCUT2D eigenvalue weighted by molar-refractivity contribution is 7.99. The molecule has 2 aromatic carbocycles. The summed E-state index contributed by atoms with van der Waals surface area (Å²) in [6, 6.07) is 15.5. The number of benzene rings is 2. The van der Waals surface area contributed by atoms with Gasteiger partial charge in [0, 0.05) is 12.6 Å². The number of hydrogen-bond acceptors (Lipinski definition) is 4.